The highest BCUT2D eigenvalue weighted by Crippen LogP contribution is 2.44. The zero-order valence-electron chi connectivity index (χ0n) is 15.4. The maximum Gasteiger partial charge on any atom is 0.222 e. The van der Waals surface area contributed by atoms with Crippen LogP contribution in [0.3, 0.4) is 0 Å². The minimum atomic E-state index is -0.755. The number of aliphatic hydroxyl groups excluding tert-OH is 1. The van der Waals surface area contributed by atoms with Crippen molar-refractivity contribution in [3.8, 4) is 0 Å². The van der Waals surface area contributed by atoms with Crippen LogP contribution in [0.5, 0.6) is 0 Å². The Morgan fingerprint density at radius 3 is 2.39 bits per heavy atom. The molecule has 3 atom stereocenters. The number of rotatable bonds is 5. The van der Waals surface area contributed by atoms with Gasteiger partial charge in [-0.3, -0.25) is 4.79 Å². The summed E-state index contributed by atoms with van der Waals surface area (Å²) in [6, 6.07) is 9.06. The fourth-order valence-corrected chi connectivity index (χ4v) is 3.62. The van der Waals surface area contributed by atoms with Crippen LogP contribution < -0.4 is 5.32 Å². The number of carbonyl (C=O) groups is 1. The van der Waals surface area contributed by atoms with Gasteiger partial charge in [-0.05, 0) is 30.7 Å². The van der Waals surface area contributed by atoms with Crippen molar-refractivity contribution in [2.75, 3.05) is 6.61 Å². The molecule has 0 saturated carbocycles. The number of nitrogens with one attached hydrogen (secondary N) is 1. The van der Waals surface area contributed by atoms with Crippen molar-refractivity contribution < 1.29 is 27.8 Å². The predicted molar refractivity (Wildman–Crippen MR) is 96.8 cm³/mol. The molecule has 7 heteroatoms. The monoisotopic (exact) mass is 393 g/mol. The summed E-state index contributed by atoms with van der Waals surface area (Å²) in [7, 11) is 0. The van der Waals surface area contributed by atoms with Crippen molar-refractivity contribution >= 4 is 5.91 Å². The summed E-state index contributed by atoms with van der Waals surface area (Å²) in [5.41, 5.74) is 0.127. The highest BCUT2D eigenvalue weighted by atomic mass is 19.1. The summed E-state index contributed by atoms with van der Waals surface area (Å²) in [6.45, 7) is 1.53. The lowest BCUT2D eigenvalue weighted by atomic mass is 9.81. The number of halogens is 3. The topological polar surface area (TPSA) is 58.6 Å². The van der Waals surface area contributed by atoms with Crippen LogP contribution in [-0.2, 0) is 9.53 Å². The van der Waals surface area contributed by atoms with Crippen LogP contribution in [0.1, 0.15) is 49.5 Å². The molecule has 0 radical (unpaired) electrons. The Hall–Kier alpha value is -2.38. The zero-order valence-corrected chi connectivity index (χ0v) is 15.4. The van der Waals surface area contributed by atoms with E-state index in [1.54, 1.807) is 12.1 Å². The van der Waals surface area contributed by atoms with Crippen molar-refractivity contribution in [2.45, 2.75) is 43.9 Å². The predicted octanol–water partition coefficient (Wildman–Crippen LogP) is 3.95. The summed E-state index contributed by atoms with van der Waals surface area (Å²) < 4.78 is 47.0. The second kappa shape index (κ2) is 8.32. The fraction of sp³-hybridized carbons (Fsp3) is 0.381. The van der Waals surface area contributed by atoms with Gasteiger partial charge in [0.25, 0.3) is 0 Å². The second-order valence-corrected chi connectivity index (χ2v) is 7.32. The van der Waals surface area contributed by atoms with Crippen LogP contribution in [0, 0.1) is 17.5 Å². The summed E-state index contributed by atoms with van der Waals surface area (Å²) in [6.07, 6.45) is -0.653. The van der Waals surface area contributed by atoms with E-state index < -0.39 is 29.4 Å². The normalized spacial score (nSPS) is 24.8. The average molecular weight is 393 g/mol. The van der Waals surface area contributed by atoms with Crippen LogP contribution in [0.25, 0.3) is 0 Å². The molecule has 3 rings (SSSR count). The fourth-order valence-electron chi connectivity index (χ4n) is 3.62. The summed E-state index contributed by atoms with van der Waals surface area (Å²) in [5, 5.41) is 11.9. The van der Waals surface area contributed by atoms with Crippen molar-refractivity contribution in [2.24, 2.45) is 0 Å². The lowest BCUT2D eigenvalue weighted by Crippen LogP contribution is -2.51. The van der Waals surface area contributed by atoms with Gasteiger partial charge in [-0.2, -0.15) is 0 Å². The lowest BCUT2D eigenvalue weighted by Gasteiger charge is -2.43. The maximum absolute atomic E-state index is 14.4. The summed E-state index contributed by atoms with van der Waals surface area (Å²) in [4.78, 5) is 12.1. The Bertz CT molecular complexity index is 843. The molecule has 2 aromatic carbocycles. The SMILES string of the molecule is C[C@]1(NC(=O)CCO)C[C@@H](c2ccc(F)cc2)O[C@@H](c2ccc(F)cc2F)C1. The zero-order chi connectivity index (χ0) is 20.3. The van der Waals surface area contributed by atoms with Crippen molar-refractivity contribution in [3.63, 3.8) is 0 Å². The van der Waals surface area contributed by atoms with Crippen LogP contribution >= 0.6 is 0 Å². The first-order valence-corrected chi connectivity index (χ1v) is 9.07. The van der Waals surface area contributed by atoms with Gasteiger partial charge >= 0.3 is 0 Å². The van der Waals surface area contributed by atoms with Gasteiger partial charge in [0.15, 0.2) is 0 Å². The number of hydrogen-bond donors (Lipinski definition) is 2. The molecule has 1 amide bonds. The maximum atomic E-state index is 14.4. The molecule has 1 heterocycles. The van der Waals surface area contributed by atoms with Gasteiger partial charge in [0.1, 0.15) is 17.5 Å². The number of aliphatic hydroxyl groups is 1. The molecule has 0 aliphatic carbocycles. The first-order chi connectivity index (χ1) is 13.3. The van der Waals surface area contributed by atoms with Crippen LogP contribution in [0.15, 0.2) is 42.5 Å². The molecule has 2 aromatic rings. The summed E-state index contributed by atoms with van der Waals surface area (Å²) >= 11 is 0. The van der Waals surface area contributed by atoms with Crippen LogP contribution in [0.4, 0.5) is 13.2 Å². The van der Waals surface area contributed by atoms with Gasteiger partial charge in [0, 0.05) is 36.4 Å². The van der Waals surface area contributed by atoms with E-state index in [2.05, 4.69) is 5.32 Å². The largest absolute Gasteiger partial charge is 0.396 e. The third-order valence-electron chi connectivity index (χ3n) is 4.93. The lowest BCUT2D eigenvalue weighted by molar-refractivity contribution is -0.129. The molecule has 0 bridgehead atoms. The molecule has 1 aliphatic rings. The van der Waals surface area contributed by atoms with Crippen molar-refractivity contribution in [3.05, 3.63) is 71.0 Å². The average Bonchev–Trinajstić information content (AvgIpc) is 2.61. The molecule has 1 saturated heterocycles. The molecule has 0 spiro atoms. The van der Waals surface area contributed by atoms with Crippen LogP contribution in [0.2, 0.25) is 0 Å². The van der Waals surface area contributed by atoms with Gasteiger partial charge in [-0.25, -0.2) is 13.2 Å². The third-order valence-corrected chi connectivity index (χ3v) is 4.93. The van der Waals surface area contributed by atoms with E-state index in [4.69, 9.17) is 9.84 Å². The number of hydrogen-bond acceptors (Lipinski definition) is 3. The Morgan fingerprint density at radius 1 is 1.11 bits per heavy atom. The first kappa shape index (κ1) is 20.4. The number of amides is 1. The molecular weight excluding hydrogens is 371 g/mol. The van der Waals surface area contributed by atoms with Gasteiger partial charge in [-0.15, -0.1) is 0 Å². The summed E-state index contributed by atoms with van der Waals surface area (Å²) in [5.74, 6) is -2.14. The molecule has 1 fully saturated rings. The van der Waals surface area contributed by atoms with E-state index in [1.807, 2.05) is 6.92 Å². The minimum absolute atomic E-state index is 0.0484. The second-order valence-electron chi connectivity index (χ2n) is 7.32. The van der Waals surface area contributed by atoms with Crippen molar-refractivity contribution in [1.29, 1.82) is 0 Å². The van der Waals surface area contributed by atoms with Gasteiger partial charge in [0.2, 0.25) is 5.91 Å². The Kier molecular flexibility index (Phi) is 6.05. The molecule has 0 aromatic heterocycles. The van der Waals surface area contributed by atoms with Gasteiger partial charge < -0.3 is 15.2 Å². The Labute approximate surface area is 161 Å². The van der Waals surface area contributed by atoms with E-state index in [0.29, 0.717) is 12.0 Å². The first-order valence-electron chi connectivity index (χ1n) is 9.07. The molecule has 0 unspecified atom stereocenters. The molecular formula is C21H22F3NO3. The highest BCUT2D eigenvalue weighted by molar-refractivity contribution is 5.76. The van der Waals surface area contributed by atoms with E-state index in [9.17, 15) is 18.0 Å². The molecule has 28 heavy (non-hydrogen) atoms. The number of carbonyl (C=O) groups excluding carboxylic acids is 1. The van der Waals surface area contributed by atoms with E-state index in [1.165, 1.54) is 18.2 Å². The smallest absolute Gasteiger partial charge is 0.222 e. The molecule has 1 aliphatic heterocycles. The van der Waals surface area contributed by atoms with E-state index in [0.717, 1.165) is 12.1 Å². The minimum Gasteiger partial charge on any atom is -0.396 e. The molecule has 150 valence electrons. The number of benzene rings is 2. The van der Waals surface area contributed by atoms with Gasteiger partial charge in [0.05, 0.1) is 18.8 Å². The quantitative estimate of drug-likeness (QED) is 0.809. The van der Waals surface area contributed by atoms with E-state index in [-0.39, 0.29) is 36.7 Å². The molecule has 4 nitrogen and oxygen atoms in total. The number of ether oxygens (including phenoxy) is 1. The highest BCUT2D eigenvalue weighted by Gasteiger charge is 2.41. The van der Waals surface area contributed by atoms with Gasteiger partial charge in [-0.1, -0.05) is 18.2 Å². The van der Waals surface area contributed by atoms with E-state index >= 15 is 0 Å². The third kappa shape index (κ3) is 4.72. The Balaban J connectivity index is 1.93. The van der Waals surface area contributed by atoms with Crippen LogP contribution in [-0.4, -0.2) is 23.2 Å². The molecule has 2 N–H and O–H groups in total. The Morgan fingerprint density at radius 2 is 1.75 bits per heavy atom. The van der Waals surface area contributed by atoms with Crippen molar-refractivity contribution in [1.82, 2.24) is 5.32 Å². The standard InChI is InChI=1S/C21H22F3NO3/c1-21(25-20(27)8-9-26)11-18(13-2-4-14(22)5-3-13)28-19(12-21)16-7-6-15(23)10-17(16)24/h2-7,10,18-19,26H,8-9,11-12H2,1H3,(H,25,27)/t18-,19+,21-/m0/s1.